The van der Waals surface area contributed by atoms with E-state index >= 15 is 0 Å². The van der Waals surface area contributed by atoms with Crippen LogP contribution in [0.5, 0.6) is 0 Å². The van der Waals surface area contributed by atoms with Crippen molar-refractivity contribution >= 4 is 11.6 Å². The minimum atomic E-state index is -0.0923. The van der Waals surface area contributed by atoms with Crippen molar-refractivity contribution in [1.29, 1.82) is 5.26 Å². The van der Waals surface area contributed by atoms with Crippen LogP contribution in [0.1, 0.15) is 16.1 Å². The molecule has 0 saturated carbocycles. The van der Waals surface area contributed by atoms with Crippen LogP contribution in [0.15, 0.2) is 48.7 Å². The predicted molar refractivity (Wildman–Crippen MR) is 76.2 cm³/mol. The lowest BCUT2D eigenvalue weighted by atomic mass is 10.2. The molecule has 2 N–H and O–H groups in total. The average Bonchev–Trinajstić information content (AvgIpc) is 2.53. The summed E-state index contributed by atoms with van der Waals surface area (Å²) in [5.41, 5.74) is 1.85. The molecule has 5 nitrogen and oxygen atoms in total. The van der Waals surface area contributed by atoms with Crippen LogP contribution in [0.3, 0.4) is 0 Å². The minimum Gasteiger partial charge on any atom is -0.382 e. The molecule has 0 atom stereocenters. The molecule has 1 amide bonds. The first kappa shape index (κ1) is 13.6. The Morgan fingerprint density at radius 2 is 1.95 bits per heavy atom. The zero-order valence-corrected chi connectivity index (χ0v) is 10.8. The molecule has 0 radical (unpaired) electrons. The monoisotopic (exact) mass is 266 g/mol. The van der Waals surface area contributed by atoms with Crippen LogP contribution in [0, 0.1) is 11.3 Å². The number of nitriles is 1. The number of benzene rings is 1. The van der Waals surface area contributed by atoms with Crippen LogP contribution < -0.4 is 10.6 Å². The Morgan fingerprint density at radius 1 is 1.15 bits per heavy atom. The first-order valence-corrected chi connectivity index (χ1v) is 6.23. The molecule has 0 aliphatic rings. The van der Waals surface area contributed by atoms with Crippen molar-refractivity contribution in [2.75, 3.05) is 18.4 Å². The molecule has 0 saturated heterocycles. The van der Waals surface area contributed by atoms with E-state index in [-0.39, 0.29) is 5.91 Å². The summed E-state index contributed by atoms with van der Waals surface area (Å²) in [6.45, 7) is 1.10. The first-order valence-electron chi connectivity index (χ1n) is 6.23. The molecule has 1 aromatic heterocycles. The lowest BCUT2D eigenvalue weighted by molar-refractivity contribution is 0.0955. The van der Waals surface area contributed by atoms with E-state index in [1.54, 1.807) is 30.5 Å². The molecule has 0 aliphatic heterocycles. The molecule has 0 unspecified atom stereocenters. The number of nitrogens with one attached hydrogen (secondary N) is 2. The molecule has 20 heavy (non-hydrogen) atoms. The molecular formula is C15H14N4O. The van der Waals surface area contributed by atoms with Gasteiger partial charge in [-0.05, 0) is 24.3 Å². The van der Waals surface area contributed by atoms with E-state index in [0.29, 0.717) is 24.3 Å². The van der Waals surface area contributed by atoms with Gasteiger partial charge in [0.15, 0.2) is 0 Å². The van der Waals surface area contributed by atoms with E-state index in [0.717, 1.165) is 5.69 Å². The van der Waals surface area contributed by atoms with E-state index in [1.165, 1.54) is 0 Å². The Morgan fingerprint density at radius 3 is 2.60 bits per heavy atom. The number of carbonyl (C=O) groups is 1. The standard InChI is InChI=1S/C15H14N4O/c16-10-13-6-7-14(11-19-13)17-8-9-18-15(20)12-4-2-1-3-5-12/h1-7,11,17H,8-9H2,(H,18,20). The number of pyridine rings is 1. The third kappa shape index (κ3) is 3.82. The summed E-state index contributed by atoms with van der Waals surface area (Å²) in [7, 11) is 0. The quantitative estimate of drug-likeness (QED) is 0.809. The van der Waals surface area contributed by atoms with Crippen molar-refractivity contribution < 1.29 is 4.79 Å². The Kier molecular flexibility index (Phi) is 4.68. The summed E-state index contributed by atoms with van der Waals surface area (Å²) in [6.07, 6.45) is 1.59. The van der Waals surface area contributed by atoms with Crippen LogP contribution >= 0.6 is 0 Å². The number of anilines is 1. The van der Waals surface area contributed by atoms with Crippen molar-refractivity contribution in [3.05, 3.63) is 59.9 Å². The molecule has 0 spiro atoms. The van der Waals surface area contributed by atoms with Gasteiger partial charge in [-0.1, -0.05) is 18.2 Å². The Labute approximate surface area is 117 Å². The number of amides is 1. The van der Waals surface area contributed by atoms with Crippen LogP contribution in [0.25, 0.3) is 0 Å². The lowest BCUT2D eigenvalue weighted by Gasteiger charge is -2.07. The molecule has 0 bridgehead atoms. The molecular weight excluding hydrogens is 252 g/mol. The predicted octanol–water partition coefficient (Wildman–Crippen LogP) is 1.80. The molecule has 0 aliphatic carbocycles. The molecule has 5 heteroatoms. The number of aromatic nitrogens is 1. The van der Waals surface area contributed by atoms with Crippen molar-refractivity contribution in [2.24, 2.45) is 0 Å². The van der Waals surface area contributed by atoms with Gasteiger partial charge >= 0.3 is 0 Å². The normalized spacial score (nSPS) is 9.55. The second-order valence-electron chi connectivity index (χ2n) is 4.09. The van der Waals surface area contributed by atoms with Crippen LogP contribution in [0.4, 0.5) is 5.69 Å². The summed E-state index contributed by atoms with van der Waals surface area (Å²) < 4.78 is 0. The number of hydrogen-bond donors (Lipinski definition) is 2. The maximum atomic E-state index is 11.8. The number of hydrogen-bond acceptors (Lipinski definition) is 4. The second kappa shape index (κ2) is 6.90. The first-order chi connectivity index (χ1) is 9.79. The zero-order valence-electron chi connectivity index (χ0n) is 10.8. The number of rotatable bonds is 5. The van der Waals surface area contributed by atoms with Gasteiger partial charge in [0.25, 0.3) is 5.91 Å². The van der Waals surface area contributed by atoms with Crippen molar-refractivity contribution in [2.45, 2.75) is 0 Å². The minimum absolute atomic E-state index is 0.0923. The fraction of sp³-hybridized carbons (Fsp3) is 0.133. The smallest absolute Gasteiger partial charge is 0.251 e. The van der Waals surface area contributed by atoms with Crippen molar-refractivity contribution in [3.8, 4) is 6.07 Å². The molecule has 0 fully saturated rings. The summed E-state index contributed by atoms with van der Waals surface area (Å²) in [4.78, 5) is 15.7. The van der Waals surface area contributed by atoms with Crippen LogP contribution in [-0.4, -0.2) is 24.0 Å². The number of nitrogens with zero attached hydrogens (tertiary/aromatic N) is 2. The SMILES string of the molecule is N#Cc1ccc(NCCNC(=O)c2ccccc2)cn1. The van der Waals surface area contributed by atoms with Gasteiger partial charge < -0.3 is 10.6 Å². The summed E-state index contributed by atoms with van der Waals surface area (Å²) >= 11 is 0. The molecule has 2 rings (SSSR count). The molecule has 1 heterocycles. The van der Waals surface area contributed by atoms with Crippen molar-refractivity contribution in [1.82, 2.24) is 10.3 Å². The summed E-state index contributed by atoms with van der Waals surface area (Å²) in [5.74, 6) is -0.0923. The Balaban J connectivity index is 1.74. The van der Waals surface area contributed by atoms with Crippen molar-refractivity contribution in [3.63, 3.8) is 0 Å². The lowest BCUT2D eigenvalue weighted by Crippen LogP contribution is -2.28. The van der Waals surface area contributed by atoms with Gasteiger partial charge in [-0.2, -0.15) is 5.26 Å². The molecule has 100 valence electrons. The molecule has 2 aromatic rings. The Hall–Kier alpha value is -2.87. The average molecular weight is 266 g/mol. The zero-order chi connectivity index (χ0) is 14.2. The van der Waals surface area contributed by atoms with Gasteiger partial charge in [-0.15, -0.1) is 0 Å². The van der Waals surface area contributed by atoms with E-state index in [2.05, 4.69) is 15.6 Å². The second-order valence-corrected chi connectivity index (χ2v) is 4.09. The van der Waals surface area contributed by atoms with Gasteiger partial charge in [0.05, 0.1) is 11.9 Å². The highest BCUT2D eigenvalue weighted by Gasteiger charge is 2.02. The third-order valence-electron chi connectivity index (χ3n) is 2.65. The Bertz CT molecular complexity index is 602. The highest BCUT2D eigenvalue weighted by molar-refractivity contribution is 5.94. The van der Waals surface area contributed by atoms with E-state index in [1.807, 2.05) is 24.3 Å². The highest BCUT2D eigenvalue weighted by Crippen LogP contribution is 2.04. The van der Waals surface area contributed by atoms with Crippen LogP contribution in [0.2, 0.25) is 0 Å². The fourth-order valence-electron chi connectivity index (χ4n) is 1.64. The van der Waals surface area contributed by atoms with Gasteiger partial charge in [0, 0.05) is 18.7 Å². The van der Waals surface area contributed by atoms with Gasteiger partial charge in [-0.3, -0.25) is 4.79 Å². The summed E-state index contributed by atoms with van der Waals surface area (Å²) in [6, 6.07) is 14.5. The highest BCUT2D eigenvalue weighted by atomic mass is 16.1. The molecule has 1 aromatic carbocycles. The van der Waals surface area contributed by atoms with Crippen LogP contribution in [-0.2, 0) is 0 Å². The van der Waals surface area contributed by atoms with Gasteiger partial charge in [-0.25, -0.2) is 4.98 Å². The number of carbonyl (C=O) groups excluding carboxylic acids is 1. The largest absolute Gasteiger partial charge is 0.382 e. The van der Waals surface area contributed by atoms with Gasteiger partial charge in [0.2, 0.25) is 0 Å². The topological polar surface area (TPSA) is 77.8 Å². The van der Waals surface area contributed by atoms with E-state index in [4.69, 9.17) is 5.26 Å². The third-order valence-corrected chi connectivity index (χ3v) is 2.65. The maximum absolute atomic E-state index is 11.8. The van der Waals surface area contributed by atoms with E-state index < -0.39 is 0 Å². The maximum Gasteiger partial charge on any atom is 0.251 e. The van der Waals surface area contributed by atoms with E-state index in [9.17, 15) is 4.79 Å². The summed E-state index contributed by atoms with van der Waals surface area (Å²) in [5, 5.41) is 14.6. The fourth-order valence-corrected chi connectivity index (χ4v) is 1.64. The van der Waals surface area contributed by atoms with Gasteiger partial charge in [0.1, 0.15) is 11.8 Å².